The van der Waals surface area contributed by atoms with Gasteiger partial charge in [0.05, 0.1) is 7.11 Å². The number of hydrogen-bond donors (Lipinski definition) is 1. The highest BCUT2D eigenvalue weighted by molar-refractivity contribution is 6.31. The molecule has 0 amide bonds. The van der Waals surface area contributed by atoms with Gasteiger partial charge in [0.15, 0.2) is 11.6 Å². The Balaban J connectivity index is 2.25. The van der Waals surface area contributed by atoms with Crippen LogP contribution >= 0.6 is 11.6 Å². The van der Waals surface area contributed by atoms with E-state index in [1.54, 1.807) is 6.07 Å². The molecule has 0 aliphatic carbocycles. The molecule has 0 saturated heterocycles. The van der Waals surface area contributed by atoms with Crippen molar-refractivity contribution in [3.8, 4) is 16.9 Å². The molecule has 0 aliphatic heterocycles. The summed E-state index contributed by atoms with van der Waals surface area (Å²) in [6, 6.07) is 11.1. The Bertz CT molecular complexity index is 628. The molecule has 0 heterocycles. The highest BCUT2D eigenvalue weighted by atomic mass is 35.5. The lowest BCUT2D eigenvalue weighted by atomic mass is 10.0. The number of halogens is 2. The molecule has 2 aromatic rings. The van der Waals surface area contributed by atoms with Gasteiger partial charge in [0.1, 0.15) is 0 Å². The zero-order valence-electron chi connectivity index (χ0n) is 12.4. The monoisotopic (exact) mass is 307 g/mol. The number of rotatable bonds is 5. The third-order valence-corrected chi connectivity index (χ3v) is 3.59. The Labute approximate surface area is 129 Å². The topological polar surface area (TPSA) is 21.3 Å². The Morgan fingerprint density at radius 1 is 1.14 bits per heavy atom. The van der Waals surface area contributed by atoms with Crippen molar-refractivity contribution in [2.75, 3.05) is 7.11 Å². The average molecular weight is 308 g/mol. The van der Waals surface area contributed by atoms with Crippen molar-refractivity contribution in [1.29, 1.82) is 0 Å². The number of benzene rings is 2. The first-order valence-corrected chi connectivity index (χ1v) is 7.24. The average Bonchev–Trinajstić information content (AvgIpc) is 2.45. The van der Waals surface area contributed by atoms with E-state index >= 15 is 0 Å². The predicted octanol–water partition coefficient (Wildman–Crippen LogP) is 4.65. The molecular formula is C17H19ClFNO. The molecule has 0 atom stereocenters. The minimum absolute atomic E-state index is 0.239. The molecule has 21 heavy (non-hydrogen) atoms. The molecule has 4 heteroatoms. The van der Waals surface area contributed by atoms with Crippen LogP contribution in [0.2, 0.25) is 5.02 Å². The Morgan fingerprint density at radius 3 is 2.38 bits per heavy atom. The van der Waals surface area contributed by atoms with Crippen LogP contribution in [0.3, 0.4) is 0 Å². The van der Waals surface area contributed by atoms with E-state index in [1.165, 1.54) is 13.2 Å². The molecule has 2 rings (SSSR count). The summed E-state index contributed by atoms with van der Waals surface area (Å²) in [7, 11) is 1.45. The summed E-state index contributed by atoms with van der Waals surface area (Å²) in [6.45, 7) is 4.89. The van der Waals surface area contributed by atoms with Crippen molar-refractivity contribution < 1.29 is 9.13 Å². The third kappa shape index (κ3) is 3.96. The van der Waals surface area contributed by atoms with Crippen molar-refractivity contribution in [3.05, 3.63) is 52.8 Å². The summed E-state index contributed by atoms with van der Waals surface area (Å²) in [6.07, 6.45) is 0. The van der Waals surface area contributed by atoms with Gasteiger partial charge in [-0.05, 0) is 34.9 Å². The van der Waals surface area contributed by atoms with Gasteiger partial charge in [-0.1, -0.05) is 43.6 Å². The zero-order valence-corrected chi connectivity index (χ0v) is 13.2. The largest absolute Gasteiger partial charge is 0.494 e. The first-order valence-electron chi connectivity index (χ1n) is 6.87. The third-order valence-electron chi connectivity index (χ3n) is 3.24. The molecule has 0 aliphatic rings. The van der Waals surface area contributed by atoms with Gasteiger partial charge >= 0.3 is 0 Å². The smallest absolute Gasteiger partial charge is 0.165 e. The van der Waals surface area contributed by atoms with Gasteiger partial charge in [0.2, 0.25) is 0 Å². The van der Waals surface area contributed by atoms with Gasteiger partial charge in [-0.25, -0.2) is 4.39 Å². The van der Waals surface area contributed by atoms with Crippen LogP contribution in [0.15, 0.2) is 36.4 Å². The van der Waals surface area contributed by atoms with E-state index in [-0.39, 0.29) is 11.6 Å². The maximum Gasteiger partial charge on any atom is 0.165 e. The van der Waals surface area contributed by atoms with E-state index in [9.17, 15) is 4.39 Å². The molecule has 2 aromatic carbocycles. The molecule has 0 fully saturated rings. The summed E-state index contributed by atoms with van der Waals surface area (Å²) < 4.78 is 18.7. The standard InChI is InChI=1S/C17H19ClFNO/c1-11(2)20-10-14-5-4-12(8-15(14)18)13-6-7-17(21-3)16(19)9-13/h4-9,11,20H,10H2,1-3H3. The second kappa shape index (κ2) is 6.92. The van der Waals surface area contributed by atoms with Crippen molar-refractivity contribution in [2.45, 2.75) is 26.4 Å². The highest BCUT2D eigenvalue weighted by Gasteiger charge is 2.08. The Hall–Kier alpha value is -1.58. The number of ether oxygens (including phenoxy) is 1. The fourth-order valence-electron chi connectivity index (χ4n) is 2.03. The fourth-order valence-corrected chi connectivity index (χ4v) is 2.28. The molecular weight excluding hydrogens is 289 g/mol. The van der Waals surface area contributed by atoms with Crippen molar-refractivity contribution >= 4 is 11.6 Å². The van der Waals surface area contributed by atoms with E-state index in [4.69, 9.17) is 16.3 Å². The quantitative estimate of drug-likeness (QED) is 0.868. The van der Waals surface area contributed by atoms with Crippen molar-refractivity contribution in [3.63, 3.8) is 0 Å². The van der Waals surface area contributed by atoms with Crippen LogP contribution in [0, 0.1) is 5.82 Å². The summed E-state index contributed by atoms with van der Waals surface area (Å²) in [5.41, 5.74) is 2.69. The lowest BCUT2D eigenvalue weighted by Gasteiger charge is -2.11. The van der Waals surface area contributed by atoms with Crippen LogP contribution in [0.5, 0.6) is 5.75 Å². The minimum Gasteiger partial charge on any atom is -0.494 e. The Morgan fingerprint density at radius 2 is 1.81 bits per heavy atom. The molecule has 0 aromatic heterocycles. The summed E-state index contributed by atoms with van der Waals surface area (Å²) in [5, 5.41) is 4.00. The van der Waals surface area contributed by atoms with E-state index in [0.29, 0.717) is 17.6 Å². The maximum absolute atomic E-state index is 13.8. The number of hydrogen-bond acceptors (Lipinski definition) is 2. The molecule has 0 spiro atoms. The molecule has 0 saturated carbocycles. The SMILES string of the molecule is COc1ccc(-c2ccc(CNC(C)C)c(Cl)c2)cc1F. The van der Waals surface area contributed by atoms with Crippen LogP contribution in [0.25, 0.3) is 11.1 Å². The molecule has 0 unspecified atom stereocenters. The first kappa shape index (κ1) is 15.8. The molecule has 1 N–H and O–H groups in total. The Kier molecular flexibility index (Phi) is 5.21. The van der Waals surface area contributed by atoms with Crippen molar-refractivity contribution in [2.24, 2.45) is 0 Å². The summed E-state index contributed by atoms with van der Waals surface area (Å²) >= 11 is 6.30. The van der Waals surface area contributed by atoms with Gasteiger partial charge < -0.3 is 10.1 Å². The maximum atomic E-state index is 13.8. The van der Waals surface area contributed by atoms with Crippen LogP contribution in [-0.4, -0.2) is 13.2 Å². The van der Waals surface area contributed by atoms with Crippen molar-refractivity contribution in [1.82, 2.24) is 5.32 Å². The van der Waals surface area contributed by atoms with Crippen LogP contribution in [-0.2, 0) is 6.54 Å². The lowest BCUT2D eigenvalue weighted by Crippen LogP contribution is -2.21. The summed E-state index contributed by atoms with van der Waals surface area (Å²) in [5.74, 6) is -0.140. The first-order chi connectivity index (χ1) is 10.0. The van der Waals surface area contributed by atoms with Gasteiger partial charge in [-0.15, -0.1) is 0 Å². The molecule has 2 nitrogen and oxygen atoms in total. The van der Waals surface area contributed by atoms with E-state index in [2.05, 4.69) is 19.2 Å². The predicted molar refractivity (Wildman–Crippen MR) is 85.4 cm³/mol. The van der Waals surface area contributed by atoms with Gasteiger partial charge in [-0.2, -0.15) is 0 Å². The normalized spacial score (nSPS) is 11.0. The zero-order chi connectivity index (χ0) is 15.4. The van der Waals surface area contributed by atoms with Gasteiger partial charge in [0.25, 0.3) is 0 Å². The highest BCUT2D eigenvalue weighted by Crippen LogP contribution is 2.28. The van der Waals surface area contributed by atoms with E-state index in [0.717, 1.165) is 16.7 Å². The summed E-state index contributed by atoms with van der Waals surface area (Å²) in [4.78, 5) is 0. The second-order valence-electron chi connectivity index (χ2n) is 5.19. The van der Waals surface area contributed by atoms with Crippen LogP contribution < -0.4 is 10.1 Å². The van der Waals surface area contributed by atoms with E-state index in [1.807, 2.05) is 24.3 Å². The molecule has 0 bridgehead atoms. The van der Waals surface area contributed by atoms with Crippen LogP contribution in [0.4, 0.5) is 4.39 Å². The fraction of sp³-hybridized carbons (Fsp3) is 0.294. The van der Waals surface area contributed by atoms with Gasteiger partial charge in [-0.3, -0.25) is 0 Å². The second-order valence-corrected chi connectivity index (χ2v) is 5.60. The van der Waals surface area contributed by atoms with E-state index < -0.39 is 0 Å². The van der Waals surface area contributed by atoms with Crippen LogP contribution in [0.1, 0.15) is 19.4 Å². The number of methoxy groups -OCH3 is 1. The molecule has 0 radical (unpaired) electrons. The number of nitrogens with one attached hydrogen (secondary N) is 1. The van der Waals surface area contributed by atoms with Gasteiger partial charge in [0, 0.05) is 17.6 Å². The minimum atomic E-state index is -0.378. The molecule has 112 valence electrons. The lowest BCUT2D eigenvalue weighted by molar-refractivity contribution is 0.386.